The Hall–Kier alpha value is -1.89. The monoisotopic (exact) mass is 380 g/mol. The van der Waals surface area contributed by atoms with Gasteiger partial charge in [0.1, 0.15) is 18.2 Å². The van der Waals surface area contributed by atoms with Crippen molar-refractivity contribution >= 4 is 17.5 Å². The molecule has 1 N–H and O–H groups in total. The number of benzene rings is 1. The van der Waals surface area contributed by atoms with Crippen molar-refractivity contribution in [2.75, 3.05) is 27.2 Å². The second kappa shape index (κ2) is 8.20. The van der Waals surface area contributed by atoms with Crippen molar-refractivity contribution in [3.8, 4) is 0 Å². The predicted molar refractivity (Wildman–Crippen MR) is 96.6 cm³/mol. The molecule has 1 fully saturated rings. The van der Waals surface area contributed by atoms with Crippen LogP contribution in [0.3, 0.4) is 0 Å². The van der Waals surface area contributed by atoms with Crippen molar-refractivity contribution < 1.29 is 18.3 Å². The third-order valence-corrected chi connectivity index (χ3v) is 5.06. The van der Waals surface area contributed by atoms with Crippen LogP contribution >= 0.6 is 11.6 Å². The Bertz CT molecular complexity index is 780. The number of hydrogen-bond donors (Lipinski definition) is 1. The van der Waals surface area contributed by atoms with E-state index in [1.807, 2.05) is 13.1 Å². The Morgan fingerprint density at radius 3 is 2.96 bits per heavy atom. The normalized spacial score (nSPS) is 20.5. The molecule has 1 amide bonds. The minimum atomic E-state index is -0.423. The lowest BCUT2D eigenvalue weighted by atomic mass is 9.93. The lowest BCUT2D eigenvalue weighted by Crippen LogP contribution is -2.32. The molecule has 0 aliphatic carbocycles. The maximum Gasteiger partial charge on any atom is 0.287 e. The molecule has 1 aromatic heterocycles. The molecule has 2 atom stereocenters. The molecule has 0 radical (unpaired) electrons. The molecule has 26 heavy (non-hydrogen) atoms. The average molecular weight is 381 g/mol. The van der Waals surface area contributed by atoms with E-state index in [4.69, 9.17) is 20.8 Å². The van der Waals surface area contributed by atoms with Crippen molar-refractivity contribution in [3.05, 3.63) is 58.3 Å². The fraction of sp³-hybridized carbons (Fsp3) is 0.421. The molecule has 1 aliphatic rings. The minimum absolute atomic E-state index is 0.0303. The Morgan fingerprint density at radius 2 is 2.23 bits per heavy atom. The van der Waals surface area contributed by atoms with Crippen LogP contribution in [0.25, 0.3) is 0 Å². The number of carbonyl (C=O) groups is 1. The van der Waals surface area contributed by atoms with E-state index in [1.165, 1.54) is 6.07 Å². The number of ether oxygens (including phenoxy) is 1. The number of furan rings is 1. The van der Waals surface area contributed by atoms with Crippen molar-refractivity contribution in [1.82, 2.24) is 10.2 Å². The van der Waals surface area contributed by atoms with Crippen LogP contribution in [0.2, 0.25) is 5.02 Å². The Morgan fingerprint density at radius 1 is 1.42 bits per heavy atom. The highest BCUT2D eigenvalue weighted by molar-refractivity contribution is 6.30. The van der Waals surface area contributed by atoms with E-state index in [0.717, 1.165) is 18.5 Å². The molecular weight excluding hydrogens is 359 g/mol. The van der Waals surface area contributed by atoms with Crippen LogP contribution in [0.4, 0.5) is 4.39 Å². The third-order valence-electron chi connectivity index (χ3n) is 4.76. The van der Waals surface area contributed by atoms with E-state index in [1.54, 1.807) is 25.3 Å². The summed E-state index contributed by atoms with van der Waals surface area (Å²) >= 11 is 5.79. The van der Waals surface area contributed by atoms with Crippen LogP contribution in [-0.4, -0.2) is 38.1 Å². The number of halogens is 2. The number of likely N-dealkylation sites (tertiary alicyclic amines) is 1. The number of nitrogens with zero attached hydrogens (tertiary/aromatic N) is 1. The summed E-state index contributed by atoms with van der Waals surface area (Å²) in [5.41, 5.74) is 0.867. The molecule has 1 aliphatic heterocycles. The smallest absolute Gasteiger partial charge is 0.287 e. The second-order valence-electron chi connectivity index (χ2n) is 6.56. The zero-order valence-electron chi connectivity index (χ0n) is 14.8. The summed E-state index contributed by atoms with van der Waals surface area (Å²) in [5.74, 6) is 0.361. The van der Waals surface area contributed by atoms with Gasteiger partial charge in [-0.2, -0.15) is 0 Å². The fourth-order valence-electron chi connectivity index (χ4n) is 3.49. The highest BCUT2D eigenvalue weighted by Crippen LogP contribution is 2.36. The van der Waals surface area contributed by atoms with Crippen LogP contribution < -0.4 is 5.32 Å². The van der Waals surface area contributed by atoms with Crippen molar-refractivity contribution in [1.29, 1.82) is 0 Å². The number of methoxy groups -OCH3 is 1. The van der Waals surface area contributed by atoms with Gasteiger partial charge in [-0.25, -0.2) is 4.39 Å². The van der Waals surface area contributed by atoms with E-state index >= 15 is 0 Å². The standard InChI is InChI=1S/C19H22ClFN2O3/c1-23-8-7-13(18(23)12-3-5-15(20)16(21)9-12)10-22-19(24)17-6-4-14(26-17)11-25-2/h3-6,9,13,18H,7-8,10-11H2,1-2H3,(H,22,24)/t13-,18+/m1/s1. The maximum absolute atomic E-state index is 13.8. The van der Waals surface area contributed by atoms with E-state index in [0.29, 0.717) is 18.9 Å². The first-order chi connectivity index (χ1) is 12.5. The van der Waals surface area contributed by atoms with Gasteiger partial charge in [0.25, 0.3) is 5.91 Å². The lowest BCUT2D eigenvalue weighted by molar-refractivity contribution is 0.0907. The van der Waals surface area contributed by atoms with E-state index < -0.39 is 5.82 Å². The quantitative estimate of drug-likeness (QED) is 0.831. The van der Waals surface area contributed by atoms with Gasteiger partial charge in [0, 0.05) is 19.7 Å². The molecule has 0 bridgehead atoms. The molecule has 140 valence electrons. The number of carbonyl (C=O) groups excluding carboxylic acids is 1. The van der Waals surface area contributed by atoms with Gasteiger partial charge in [-0.3, -0.25) is 9.69 Å². The maximum atomic E-state index is 13.8. The van der Waals surface area contributed by atoms with Gasteiger partial charge in [-0.15, -0.1) is 0 Å². The molecular formula is C19H22ClFN2O3. The minimum Gasteiger partial charge on any atom is -0.453 e. The largest absolute Gasteiger partial charge is 0.453 e. The van der Waals surface area contributed by atoms with Crippen LogP contribution in [0, 0.1) is 11.7 Å². The highest BCUT2D eigenvalue weighted by Gasteiger charge is 2.33. The first-order valence-electron chi connectivity index (χ1n) is 8.50. The van der Waals surface area contributed by atoms with E-state index in [-0.39, 0.29) is 28.6 Å². The van der Waals surface area contributed by atoms with Crippen molar-refractivity contribution in [2.45, 2.75) is 19.1 Å². The molecule has 2 aromatic rings. The summed E-state index contributed by atoms with van der Waals surface area (Å²) in [4.78, 5) is 14.5. The summed E-state index contributed by atoms with van der Waals surface area (Å²) in [6.07, 6.45) is 0.915. The van der Waals surface area contributed by atoms with Crippen LogP contribution in [-0.2, 0) is 11.3 Å². The highest BCUT2D eigenvalue weighted by atomic mass is 35.5. The van der Waals surface area contributed by atoms with Crippen LogP contribution in [0.15, 0.2) is 34.7 Å². The Kier molecular flexibility index (Phi) is 5.96. The van der Waals surface area contributed by atoms with Gasteiger partial charge in [-0.05, 0) is 55.8 Å². The summed E-state index contributed by atoms with van der Waals surface area (Å²) in [7, 11) is 3.57. The SMILES string of the molecule is COCc1ccc(C(=O)NC[C@H]2CCN(C)[C@H]2c2ccc(Cl)c(F)c2)o1. The average Bonchev–Trinajstić information content (AvgIpc) is 3.22. The van der Waals surface area contributed by atoms with Gasteiger partial charge in [-0.1, -0.05) is 17.7 Å². The zero-order valence-corrected chi connectivity index (χ0v) is 15.6. The number of nitrogens with one attached hydrogen (secondary N) is 1. The van der Waals surface area contributed by atoms with Gasteiger partial charge in [0.15, 0.2) is 5.76 Å². The molecule has 0 unspecified atom stereocenters. The molecule has 2 heterocycles. The van der Waals surface area contributed by atoms with Crippen molar-refractivity contribution in [3.63, 3.8) is 0 Å². The topological polar surface area (TPSA) is 54.7 Å². The molecule has 0 saturated carbocycles. The number of hydrogen-bond acceptors (Lipinski definition) is 4. The molecule has 3 rings (SSSR count). The summed E-state index contributed by atoms with van der Waals surface area (Å²) in [6.45, 7) is 1.69. The van der Waals surface area contributed by atoms with E-state index in [9.17, 15) is 9.18 Å². The second-order valence-corrected chi connectivity index (χ2v) is 6.96. The first kappa shape index (κ1) is 18.9. The van der Waals surface area contributed by atoms with Crippen LogP contribution in [0.5, 0.6) is 0 Å². The molecule has 5 nitrogen and oxygen atoms in total. The number of amides is 1. The Labute approximate surface area is 157 Å². The third kappa shape index (κ3) is 4.09. The molecule has 1 saturated heterocycles. The fourth-order valence-corrected chi connectivity index (χ4v) is 3.61. The van der Waals surface area contributed by atoms with Gasteiger partial charge >= 0.3 is 0 Å². The van der Waals surface area contributed by atoms with Crippen LogP contribution in [0.1, 0.15) is 34.3 Å². The summed E-state index contributed by atoms with van der Waals surface area (Å²) in [5, 5.41) is 3.04. The zero-order chi connectivity index (χ0) is 18.7. The molecule has 0 spiro atoms. The van der Waals surface area contributed by atoms with E-state index in [2.05, 4.69) is 10.2 Å². The van der Waals surface area contributed by atoms with Gasteiger partial charge in [0.05, 0.1) is 5.02 Å². The first-order valence-corrected chi connectivity index (χ1v) is 8.88. The molecule has 1 aromatic carbocycles. The summed E-state index contributed by atoms with van der Waals surface area (Å²) < 4.78 is 24.3. The predicted octanol–water partition coefficient (Wildman–Crippen LogP) is 3.64. The molecule has 7 heteroatoms. The number of rotatable bonds is 6. The Balaban J connectivity index is 1.65. The van der Waals surface area contributed by atoms with Crippen molar-refractivity contribution in [2.24, 2.45) is 5.92 Å². The lowest BCUT2D eigenvalue weighted by Gasteiger charge is -2.26. The van der Waals surface area contributed by atoms with Gasteiger partial charge in [0.2, 0.25) is 0 Å². The van der Waals surface area contributed by atoms with Gasteiger partial charge < -0.3 is 14.5 Å². The summed E-state index contributed by atoms with van der Waals surface area (Å²) in [6, 6.07) is 8.29.